The van der Waals surface area contributed by atoms with E-state index in [0.717, 1.165) is 11.5 Å². The second-order valence-electron chi connectivity index (χ2n) is 2.74. The van der Waals surface area contributed by atoms with Crippen LogP contribution >= 0.6 is 0 Å². The van der Waals surface area contributed by atoms with Crippen molar-refractivity contribution in [2.75, 3.05) is 0 Å². The summed E-state index contributed by atoms with van der Waals surface area (Å²) < 4.78 is 1.88. The van der Waals surface area contributed by atoms with Gasteiger partial charge in [-0.1, -0.05) is 0 Å². The maximum Gasteiger partial charge on any atom is 0.154 e. The van der Waals surface area contributed by atoms with E-state index in [1.165, 1.54) is 6.92 Å². The second-order valence-corrected chi connectivity index (χ2v) is 2.74. The molecule has 0 saturated carbocycles. The fourth-order valence-electron chi connectivity index (χ4n) is 1.11. The summed E-state index contributed by atoms with van der Waals surface area (Å²) in [4.78, 5) is 14.8. The Morgan fingerprint density at radius 2 is 2.25 bits per heavy atom. The van der Waals surface area contributed by atoms with Gasteiger partial charge in [0, 0.05) is 24.2 Å². The first-order valence-electron chi connectivity index (χ1n) is 3.80. The monoisotopic (exact) mass is 164 g/mol. The molecule has 0 spiro atoms. The molecule has 0 aliphatic heterocycles. The summed E-state index contributed by atoms with van der Waals surface area (Å²) in [6.45, 7) is 5.32. The molecule has 0 saturated heterocycles. The van der Waals surface area contributed by atoms with Crippen LogP contribution in [0.1, 0.15) is 19.7 Å². The lowest BCUT2D eigenvalue weighted by atomic mass is 10.3. The number of carbonyl (C=O) groups excluding carboxylic acids is 1. The van der Waals surface area contributed by atoms with Crippen molar-refractivity contribution in [2.45, 2.75) is 20.8 Å². The Hall–Kier alpha value is -1.38. The maximum atomic E-state index is 10.8. The predicted molar refractivity (Wildman–Crippen MR) is 47.6 cm³/mol. The van der Waals surface area contributed by atoms with E-state index in [1.54, 1.807) is 12.3 Å². The van der Waals surface area contributed by atoms with Crippen LogP contribution in [0.2, 0.25) is 0 Å². The fraction of sp³-hybridized carbons (Fsp3) is 0.333. The molecule has 0 amide bonds. The van der Waals surface area contributed by atoms with Crippen LogP contribution in [-0.2, 0) is 4.79 Å². The number of imidazole rings is 1. The Morgan fingerprint density at radius 3 is 2.67 bits per heavy atom. The highest BCUT2D eigenvalue weighted by Crippen LogP contribution is 2.05. The van der Waals surface area contributed by atoms with Gasteiger partial charge in [0.05, 0.1) is 0 Å². The summed E-state index contributed by atoms with van der Waals surface area (Å²) in [5.74, 6) is 0.950. The molecule has 1 aromatic heterocycles. The third-order valence-electron chi connectivity index (χ3n) is 1.62. The summed E-state index contributed by atoms with van der Waals surface area (Å²) in [7, 11) is 0. The van der Waals surface area contributed by atoms with Crippen LogP contribution in [0.25, 0.3) is 5.70 Å². The van der Waals surface area contributed by atoms with E-state index in [1.807, 2.05) is 24.6 Å². The first-order valence-corrected chi connectivity index (χ1v) is 3.80. The minimum absolute atomic E-state index is 0.0561. The van der Waals surface area contributed by atoms with Gasteiger partial charge in [-0.15, -0.1) is 0 Å². The molecule has 3 nitrogen and oxygen atoms in total. The van der Waals surface area contributed by atoms with Crippen molar-refractivity contribution >= 4 is 11.5 Å². The van der Waals surface area contributed by atoms with Gasteiger partial charge >= 0.3 is 0 Å². The third kappa shape index (κ3) is 1.81. The van der Waals surface area contributed by atoms with Crippen molar-refractivity contribution in [1.82, 2.24) is 9.55 Å². The Kier molecular flexibility index (Phi) is 2.43. The molecule has 0 bridgehead atoms. The minimum Gasteiger partial charge on any atom is -0.308 e. The molecule has 0 N–H and O–H groups in total. The van der Waals surface area contributed by atoms with Crippen LogP contribution in [0.4, 0.5) is 0 Å². The van der Waals surface area contributed by atoms with Gasteiger partial charge in [-0.25, -0.2) is 4.98 Å². The van der Waals surface area contributed by atoms with Gasteiger partial charge < -0.3 is 4.57 Å². The summed E-state index contributed by atoms with van der Waals surface area (Å²) in [5, 5.41) is 0. The quantitative estimate of drug-likeness (QED) is 0.623. The van der Waals surface area contributed by atoms with Gasteiger partial charge in [-0.3, -0.25) is 4.79 Å². The number of allylic oxidation sites excluding steroid dienone is 2. The van der Waals surface area contributed by atoms with Crippen LogP contribution in [0.3, 0.4) is 0 Å². The molecule has 12 heavy (non-hydrogen) atoms. The average molecular weight is 164 g/mol. The average Bonchev–Trinajstić information content (AvgIpc) is 2.33. The smallest absolute Gasteiger partial charge is 0.154 e. The number of rotatable bonds is 2. The van der Waals surface area contributed by atoms with E-state index in [0.29, 0.717) is 0 Å². The van der Waals surface area contributed by atoms with E-state index in [2.05, 4.69) is 4.98 Å². The highest BCUT2D eigenvalue weighted by Gasteiger charge is 1.98. The molecular weight excluding hydrogens is 152 g/mol. The Bertz CT molecular complexity index is 323. The summed E-state index contributed by atoms with van der Waals surface area (Å²) in [6.07, 6.45) is 5.14. The first-order chi connectivity index (χ1) is 5.61. The van der Waals surface area contributed by atoms with Crippen molar-refractivity contribution in [1.29, 1.82) is 0 Å². The molecule has 64 valence electrons. The molecule has 1 aromatic rings. The summed E-state index contributed by atoms with van der Waals surface area (Å²) >= 11 is 0. The van der Waals surface area contributed by atoms with Crippen molar-refractivity contribution in [3.8, 4) is 0 Å². The van der Waals surface area contributed by atoms with Crippen molar-refractivity contribution in [3.63, 3.8) is 0 Å². The lowest BCUT2D eigenvalue weighted by molar-refractivity contribution is -0.112. The molecule has 1 heterocycles. The van der Waals surface area contributed by atoms with Crippen LogP contribution < -0.4 is 0 Å². The Morgan fingerprint density at radius 1 is 1.58 bits per heavy atom. The van der Waals surface area contributed by atoms with Crippen molar-refractivity contribution < 1.29 is 4.79 Å². The maximum absolute atomic E-state index is 10.8. The van der Waals surface area contributed by atoms with Gasteiger partial charge in [-0.05, 0) is 20.8 Å². The standard InChI is InChI=1S/C9H12N2O/c1-7(6-8(2)12)11-5-4-10-9(11)3/h4-6H,1-3H3/b7-6+. The number of aryl methyl sites for hydroxylation is 1. The number of hydrogen-bond acceptors (Lipinski definition) is 2. The van der Waals surface area contributed by atoms with E-state index in [-0.39, 0.29) is 5.78 Å². The molecule has 0 aliphatic carbocycles. The number of nitrogens with zero attached hydrogens (tertiary/aromatic N) is 2. The van der Waals surface area contributed by atoms with Gasteiger partial charge in [0.25, 0.3) is 0 Å². The van der Waals surface area contributed by atoms with Crippen LogP contribution in [0, 0.1) is 6.92 Å². The van der Waals surface area contributed by atoms with Crippen LogP contribution in [-0.4, -0.2) is 15.3 Å². The highest BCUT2D eigenvalue weighted by molar-refractivity contribution is 5.92. The zero-order valence-electron chi connectivity index (χ0n) is 7.53. The molecule has 0 aromatic carbocycles. The number of ketones is 1. The highest BCUT2D eigenvalue weighted by atomic mass is 16.1. The Labute approximate surface area is 71.7 Å². The zero-order chi connectivity index (χ0) is 9.14. The van der Waals surface area contributed by atoms with E-state index >= 15 is 0 Å². The van der Waals surface area contributed by atoms with Crippen LogP contribution in [0.15, 0.2) is 18.5 Å². The molecule has 0 fully saturated rings. The van der Waals surface area contributed by atoms with Gasteiger partial charge in [0.1, 0.15) is 5.82 Å². The fourth-order valence-corrected chi connectivity index (χ4v) is 1.11. The topological polar surface area (TPSA) is 34.9 Å². The normalized spacial score (nSPS) is 11.8. The van der Waals surface area contributed by atoms with E-state index in [4.69, 9.17) is 0 Å². The zero-order valence-corrected chi connectivity index (χ0v) is 7.53. The predicted octanol–water partition coefficient (Wildman–Crippen LogP) is 1.64. The minimum atomic E-state index is 0.0561. The van der Waals surface area contributed by atoms with Crippen LogP contribution in [0.5, 0.6) is 0 Å². The number of aromatic nitrogens is 2. The molecule has 3 heteroatoms. The van der Waals surface area contributed by atoms with E-state index < -0.39 is 0 Å². The lowest BCUT2D eigenvalue weighted by Gasteiger charge is -2.02. The Balaban J connectivity index is 2.99. The number of carbonyl (C=O) groups is 1. The molecule has 0 atom stereocenters. The molecule has 0 aliphatic rings. The third-order valence-corrected chi connectivity index (χ3v) is 1.62. The summed E-state index contributed by atoms with van der Waals surface area (Å²) in [6, 6.07) is 0. The SMILES string of the molecule is CC(=O)/C=C(\C)n1ccnc1C. The van der Waals surface area contributed by atoms with Crippen molar-refractivity contribution in [2.24, 2.45) is 0 Å². The lowest BCUT2D eigenvalue weighted by Crippen LogP contribution is -1.97. The molecular formula is C9H12N2O. The molecule has 1 rings (SSSR count). The van der Waals surface area contributed by atoms with Gasteiger partial charge in [0.15, 0.2) is 5.78 Å². The molecule has 0 unspecified atom stereocenters. The largest absolute Gasteiger partial charge is 0.308 e. The summed E-state index contributed by atoms with van der Waals surface area (Å²) in [5.41, 5.74) is 0.900. The number of hydrogen-bond donors (Lipinski definition) is 0. The van der Waals surface area contributed by atoms with Gasteiger partial charge in [-0.2, -0.15) is 0 Å². The van der Waals surface area contributed by atoms with Crippen molar-refractivity contribution in [3.05, 3.63) is 24.3 Å². The second kappa shape index (κ2) is 3.34. The van der Waals surface area contributed by atoms with E-state index in [9.17, 15) is 4.79 Å². The molecule has 0 radical (unpaired) electrons. The first kappa shape index (κ1) is 8.71. The van der Waals surface area contributed by atoms with Gasteiger partial charge in [0.2, 0.25) is 0 Å².